The van der Waals surface area contributed by atoms with Crippen LogP contribution in [-0.4, -0.2) is 29.9 Å². The van der Waals surface area contributed by atoms with Crippen molar-refractivity contribution in [3.05, 3.63) is 0 Å². The van der Waals surface area contributed by atoms with Crippen molar-refractivity contribution in [2.24, 2.45) is 11.3 Å². The summed E-state index contributed by atoms with van der Waals surface area (Å²) < 4.78 is 0. The predicted octanol–water partition coefficient (Wildman–Crippen LogP) is 4.31. The maximum atomic E-state index is 3.53. The quantitative estimate of drug-likeness (QED) is 0.682. The van der Waals surface area contributed by atoms with Crippen LogP contribution in [0.5, 0.6) is 0 Å². The molecular weight excluding hydrogens is 262 g/mol. The van der Waals surface area contributed by atoms with Gasteiger partial charge in [-0.05, 0) is 63.1 Å². The average Bonchev–Trinajstić information content (AvgIpc) is 2.37. The molecule has 1 heterocycles. The highest BCUT2D eigenvalue weighted by atomic mass is 79.9. The fraction of sp³-hybridized carbons (Fsp3) is 1.00. The topological polar surface area (TPSA) is 3.24 Å². The number of nitrogens with zero attached hydrogens (tertiary/aromatic N) is 1. The van der Waals surface area contributed by atoms with Gasteiger partial charge in [-0.15, -0.1) is 0 Å². The molecule has 0 radical (unpaired) electrons. The third-order valence-electron chi connectivity index (χ3n) is 3.97. The van der Waals surface area contributed by atoms with Crippen molar-refractivity contribution >= 4 is 15.9 Å². The second-order valence-corrected chi connectivity index (χ2v) is 7.02. The van der Waals surface area contributed by atoms with Crippen LogP contribution in [0.15, 0.2) is 0 Å². The first-order chi connectivity index (χ1) is 7.53. The zero-order chi connectivity index (χ0) is 12.0. The lowest BCUT2D eigenvalue weighted by Gasteiger charge is -2.24. The molecule has 0 N–H and O–H groups in total. The molecule has 0 aromatic rings. The van der Waals surface area contributed by atoms with E-state index in [9.17, 15) is 0 Å². The van der Waals surface area contributed by atoms with Gasteiger partial charge in [-0.2, -0.15) is 0 Å². The summed E-state index contributed by atoms with van der Waals surface area (Å²) >= 11 is 3.53. The number of alkyl halides is 1. The number of rotatable bonds is 5. The van der Waals surface area contributed by atoms with E-state index in [0.717, 1.165) is 11.2 Å². The minimum Gasteiger partial charge on any atom is -0.303 e. The maximum Gasteiger partial charge on any atom is 0.00338 e. The molecule has 0 amide bonds. The van der Waals surface area contributed by atoms with E-state index in [4.69, 9.17) is 0 Å². The summed E-state index contributed by atoms with van der Waals surface area (Å²) in [6.45, 7) is 11.2. The van der Waals surface area contributed by atoms with Gasteiger partial charge in [0.2, 0.25) is 0 Å². The second-order valence-electron chi connectivity index (χ2n) is 6.23. The molecule has 16 heavy (non-hydrogen) atoms. The Kier molecular flexibility index (Phi) is 6.35. The van der Waals surface area contributed by atoms with Crippen LogP contribution in [0.3, 0.4) is 0 Å². The van der Waals surface area contributed by atoms with Crippen molar-refractivity contribution in [3.63, 3.8) is 0 Å². The van der Waals surface area contributed by atoms with Crippen molar-refractivity contribution in [2.75, 3.05) is 25.0 Å². The number of halogens is 1. The Hall–Kier alpha value is 0.440. The maximum absolute atomic E-state index is 3.53. The Bertz CT molecular complexity index is 191. The fourth-order valence-corrected chi connectivity index (χ4v) is 3.22. The van der Waals surface area contributed by atoms with Gasteiger partial charge in [0.25, 0.3) is 0 Å². The van der Waals surface area contributed by atoms with E-state index < -0.39 is 0 Å². The number of hydrogen-bond donors (Lipinski definition) is 0. The van der Waals surface area contributed by atoms with E-state index in [0.29, 0.717) is 5.41 Å². The van der Waals surface area contributed by atoms with Crippen LogP contribution in [0.2, 0.25) is 0 Å². The van der Waals surface area contributed by atoms with E-state index in [-0.39, 0.29) is 0 Å². The van der Waals surface area contributed by atoms with Gasteiger partial charge in [-0.1, -0.05) is 36.7 Å². The number of likely N-dealkylation sites (tertiary alicyclic amines) is 1. The van der Waals surface area contributed by atoms with Gasteiger partial charge in [-0.25, -0.2) is 0 Å². The molecule has 1 nitrogen and oxygen atoms in total. The van der Waals surface area contributed by atoms with Gasteiger partial charge < -0.3 is 4.90 Å². The second kappa shape index (κ2) is 7.00. The van der Waals surface area contributed by atoms with Crippen molar-refractivity contribution in [3.8, 4) is 0 Å². The molecule has 1 fully saturated rings. The van der Waals surface area contributed by atoms with Crippen molar-refractivity contribution in [2.45, 2.75) is 52.9 Å². The van der Waals surface area contributed by atoms with E-state index in [1.54, 1.807) is 0 Å². The zero-order valence-corrected chi connectivity index (χ0v) is 12.9. The molecule has 2 heteroatoms. The minimum atomic E-state index is 0.580. The standard InChI is InChI=1S/C14H28BrN/c1-13(5-9-15)6-11-16-10-4-7-14(2,3)8-12-16/h13H,4-12H2,1-3H3. The molecule has 1 saturated heterocycles. The Morgan fingerprint density at radius 2 is 1.94 bits per heavy atom. The molecule has 0 aliphatic carbocycles. The molecule has 1 aliphatic rings. The Labute approximate surface area is 110 Å². The van der Waals surface area contributed by atoms with Crippen LogP contribution in [0, 0.1) is 11.3 Å². The SMILES string of the molecule is CC(CCBr)CCN1CCCC(C)(C)CC1. The first-order valence-corrected chi connectivity index (χ1v) is 7.94. The summed E-state index contributed by atoms with van der Waals surface area (Å²) in [4.78, 5) is 2.68. The lowest BCUT2D eigenvalue weighted by Crippen LogP contribution is -2.27. The molecule has 0 aromatic carbocycles. The molecule has 1 unspecified atom stereocenters. The van der Waals surface area contributed by atoms with Crippen LogP contribution in [0.25, 0.3) is 0 Å². The fourth-order valence-electron chi connectivity index (χ4n) is 2.44. The van der Waals surface area contributed by atoms with Gasteiger partial charge in [-0.3, -0.25) is 0 Å². The Balaban J connectivity index is 2.22. The van der Waals surface area contributed by atoms with Crippen LogP contribution in [0.4, 0.5) is 0 Å². The van der Waals surface area contributed by atoms with Gasteiger partial charge in [0.05, 0.1) is 0 Å². The van der Waals surface area contributed by atoms with Crippen LogP contribution >= 0.6 is 15.9 Å². The minimum absolute atomic E-state index is 0.580. The van der Waals surface area contributed by atoms with E-state index >= 15 is 0 Å². The van der Waals surface area contributed by atoms with Crippen molar-refractivity contribution in [1.29, 1.82) is 0 Å². The van der Waals surface area contributed by atoms with Crippen LogP contribution in [-0.2, 0) is 0 Å². The lowest BCUT2D eigenvalue weighted by molar-refractivity contribution is 0.247. The summed E-state index contributed by atoms with van der Waals surface area (Å²) in [5, 5.41) is 1.15. The molecular formula is C14H28BrN. The van der Waals surface area contributed by atoms with Gasteiger partial charge >= 0.3 is 0 Å². The monoisotopic (exact) mass is 289 g/mol. The number of hydrogen-bond acceptors (Lipinski definition) is 1. The highest BCUT2D eigenvalue weighted by Gasteiger charge is 2.22. The molecule has 0 spiro atoms. The third-order valence-corrected chi connectivity index (χ3v) is 4.43. The highest BCUT2D eigenvalue weighted by molar-refractivity contribution is 9.09. The summed E-state index contributed by atoms with van der Waals surface area (Å²) in [6.07, 6.45) is 6.85. The highest BCUT2D eigenvalue weighted by Crippen LogP contribution is 2.29. The lowest BCUT2D eigenvalue weighted by atomic mass is 9.85. The van der Waals surface area contributed by atoms with E-state index in [1.807, 2.05) is 0 Å². The molecule has 1 aliphatic heterocycles. The van der Waals surface area contributed by atoms with Crippen molar-refractivity contribution in [1.82, 2.24) is 4.90 Å². The normalized spacial score (nSPS) is 24.0. The Morgan fingerprint density at radius 3 is 2.62 bits per heavy atom. The summed E-state index contributed by atoms with van der Waals surface area (Å²) in [5.41, 5.74) is 0.580. The first-order valence-electron chi connectivity index (χ1n) is 6.82. The smallest absolute Gasteiger partial charge is 0.00338 e. The van der Waals surface area contributed by atoms with Gasteiger partial charge in [0.1, 0.15) is 0 Å². The zero-order valence-electron chi connectivity index (χ0n) is 11.3. The van der Waals surface area contributed by atoms with E-state index in [2.05, 4.69) is 41.6 Å². The summed E-state index contributed by atoms with van der Waals surface area (Å²) in [6, 6.07) is 0. The summed E-state index contributed by atoms with van der Waals surface area (Å²) in [7, 11) is 0. The van der Waals surface area contributed by atoms with Gasteiger partial charge in [0.15, 0.2) is 0 Å². The Morgan fingerprint density at radius 1 is 1.19 bits per heavy atom. The van der Waals surface area contributed by atoms with E-state index in [1.165, 1.54) is 51.7 Å². The molecule has 1 rings (SSSR count). The largest absolute Gasteiger partial charge is 0.303 e. The molecule has 0 saturated carbocycles. The molecule has 0 bridgehead atoms. The van der Waals surface area contributed by atoms with Crippen LogP contribution in [0.1, 0.15) is 52.9 Å². The predicted molar refractivity (Wildman–Crippen MR) is 76.3 cm³/mol. The molecule has 1 atom stereocenters. The van der Waals surface area contributed by atoms with Crippen LogP contribution < -0.4 is 0 Å². The van der Waals surface area contributed by atoms with Gasteiger partial charge in [0, 0.05) is 5.33 Å². The first kappa shape index (κ1) is 14.5. The molecule has 0 aromatic heterocycles. The summed E-state index contributed by atoms with van der Waals surface area (Å²) in [5.74, 6) is 0.871. The molecule has 96 valence electrons. The average molecular weight is 290 g/mol. The van der Waals surface area contributed by atoms with Crippen molar-refractivity contribution < 1.29 is 0 Å². The third kappa shape index (κ3) is 5.67.